The molecule has 0 aliphatic carbocycles. The van der Waals surface area contributed by atoms with Crippen LogP contribution in [0.5, 0.6) is 0 Å². The van der Waals surface area contributed by atoms with E-state index in [0.29, 0.717) is 16.2 Å². The molecule has 6 nitrogen and oxygen atoms in total. The number of benzene rings is 2. The fraction of sp³-hybridized carbons (Fsp3) is 0. The molecule has 0 unspecified atom stereocenters. The van der Waals surface area contributed by atoms with Crippen LogP contribution in [0, 0.1) is 11.6 Å². The van der Waals surface area contributed by atoms with Gasteiger partial charge >= 0.3 is 6.03 Å². The van der Waals surface area contributed by atoms with E-state index in [1.54, 1.807) is 6.07 Å². The van der Waals surface area contributed by atoms with Crippen LogP contribution in [0.15, 0.2) is 70.7 Å². The molecule has 0 radical (unpaired) electrons. The number of nitrogens with one attached hydrogen (secondary N) is 1. The number of carbonyl (C=O) groups excluding carboxylic acids is 3. The average Bonchev–Trinajstić information content (AvgIpc) is 3.14. The van der Waals surface area contributed by atoms with Gasteiger partial charge in [-0.05, 0) is 60.7 Å². The minimum absolute atomic E-state index is 0.0163. The summed E-state index contributed by atoms with van der Waals surface area (Å²) in [6.07, 6.45) is 1.18. The summed E-state index contributed by atoms with van der Waals surface area (Å²) >= 11 is 0. The molecular formula is C21H12F2N2O4. The molecule has 3 aromatic rings. The molecule has 29 heavy (non-hydrogen) atoms. The lowest BCUT2D eigenvalue weighted by Gasteiger charge is -2.26. The van der Waals surface area contributed by atoms with E-state index in [1.807, 2.05) is 5.32 Å². The lowest BCUT2D eigenvalue weighted by atomic mass is 10.1. The highest BCUT2D eigenvalue weighted by Gasteiger charge is 2.37. The van der Waals surface area contributed by atoms with Crippen LogP contribution in [0.3, 0.4) is 0 Å². The molecule has 1 aliphatic rings. The summed E-state index contributed by atoms with van der Waals surface area (Å²) in [5.74, 6) is -2.26. The molecular weight excluding hydrogens is 382 g/mol. The first-order valence-electron chi connectivity index (χ1n) is 8.45. The van der Waals surface area contributed by atoms with Gasteiger partial charge in [0.15, 0.2) is 0 Å². The van der Waals surface area contributed by atoms with Gasteiger partial charge in [0.1, 0.15) is 28.7 Å². The molecule has 1 saturated heterocycles. The lowest BCUT2D eigenvalue weighted by Crippen LogP contribution is -2.54. The van der Waals surface area contributed by atoms with Crippen LogP contribution in [-0.2, 0) is 9.59 Å². The van der Waals surface area contributed by atoms with Crippen molar-refractivity contribution in [2.45, 2.75) is 0 Å². The third kappa shape index (κ3) is 3.55. The molecule has 1 aliphatic heterocycles. The van der Waals surface area contributed by atoms with Gasteiger partial charge in [0, 0.05) is 5.56 Å². The lowest BCUT2D eigenvalue weighted by molar-refractivity contribution is -0.122. The van der Waals surface area contributed by atoms with Gasteiger partial charge in [0.05, 0.1) is 5.69 Å². The topological polar surface area (TPSA) is 79.6 Å². The number of barbiturate groups is 1. The molecule has 8 heteroatoms. The molecule has 0 bridgehead atoms. The van der Waals surface area contributed by atoms with Gasteiger partial charge in [0.2, 0.25) is 0 Å². The standard InChI is InChI=1S/C21H12F2N2O4/c22-13-6-4-12(5-7-13)18-9-8-16(29-18)11-17-19(26)24-21(28)25(20(17)27)15-3-1-2-14(23)10-15/h1-11H,(H,24,26,28). The SMILES string of the molecule is O=C1NC(=O)N(c2cccc(F)c2)C(=O)C1=Cc1ccc(-c2ccc(F)cc2)o1. The molecule has 0 atom stereocenters. The highest BCUT2D eigenvalue weighted by atomic mass is 19.1. The van der Waals surface area contributed by atoms with Crippen molar-refractivity contribution >= 4 is 29.6 Å². The fourth-order valence-corrected chi connectivity index (χ4v) is 2.85. The second-order valence-corrected chi connectivity index (χ2v) is 6.15. The largest absolute Gasteiger partial charge is 0.457 e. The Labute approximate surface area is 163 Å². The molecule has 4 rings (SSSR count). The van der Waals surface area contributed by atoms with E-state index in [9.17, 15) is 23.2 Å². The van der Waals surface area contributed by atoms with E-state index in [0.717, 1.165) is 12.1 Å². The first kappa shape index (κ1) is 18.3. The molecule has 4 amide bonds. The van der Waals surface area contributed by atoms with E-state index < -0.39 is 29.5 Å². The van der Waals surface area contributed by atoms with E-state index in [2.05, 4.69) is 0 Å². The van der Waals surface area contributed by atoms with E-state index in [4.69, 9.17) is 4.42 Å². The van der Waals surface area contributed by atoms with Gasteiger partial charge in [-0.15, -0.1) is 0 Å². The third-order valence-electron chi connectivity index (χ3n) is 4.21. The average molecular weight is 394 g/mol. The summed E-state index contributed by atoms with van der Waals surface area (Å²) in [6, 6.07) is 12.6. The zero-order chi connectivity index (χ0) is 20.5. The fourth-order valence-electron chi connectivity index (χ4n) is 2.85. The summed E-state index contributed by atoms with van der Waals surface area (Å²) in [4.78, 5) is 37.7. The van der Waals surface area contributed by atoms with Gasteiger partial charge < -0.3 is 4.42 Å². The molecule has 2 aromatic carbocycles. The van der Waals surface area contributed by atoms with Crippen LogP contribution in [0.4, 0.5) is 19.3 Å². The molecule has 0 spiro atoms. The van der Waals surface area contributed by atoms with Crippen molar-refractivity contribution in [3.05, 3.63) is 83.6 Å². The van der Waals surface area contributed by atoms with Crippen LogP contribution in [0.25, 0.3) is 17.4 Å². The Morgan fingerprint density at radius 3 is 2.38 bits per heavy atom. The smallest absolute Gasteiger partial charge is 0.335 e. The Balaban J connectivity index is 1.67. The van der Waals surface area contributed by atoms with Gasteiger partial charge in [-0.25, -0.2) is 18.5 Å². The van der Waals surface area contributed by atoms with Crippen LogP contribution in [0.2, 0.25) is 0 Å². The summed E-state index contributed by atoms with van der Waals surface area (Å²) in [7, 11) is 0. The van der Waals surface area contributed by atoms with Crippen molar-refractivity contribution in [1.82, 2.24) is 5.32 Å². The van der Waals surface area contributed by atoms with Crippen molar-refractivity contribution in [2.75, 3.05) is 4.90 Å². The first-order chi connectivity index (χ1) is 13.9. The summed E-state index contributed by atoms with van der Waals surface area (Å²) in [5.41, 5.74) is 0.234. The van der Waals surface area contributed by atoms with E-state index in [-0.39, 0.29) is 17.0 Å². The maximum atomic E-state index is 13.5. The first-order valence-corrected chi connectivity index (χ1v) is 8.45. The zero-order valence-electron chi connectivity index (χ0n) is 14.7. The number of hydrogen-bond acceptors (Lipinski definition) is 4. The second-order valence-electron chi connectivity index (χ2n) is 6.15. The maximum Gasteiger partial charge on any atom is 0.335 e. The van der Waals surface area contributed by atoms with Crippen LogP contribution in [0.1, 0.15) is 5.76 Å². The minimum atomic E-state index is -0.978. The van der Waals surface area contributed by atoms with Crippen molar-refractivity contribution < 1.29 is 27.6 Å². The highest BCUT2D eigenvalue weighted by molar-refractivity contribution is 6.39. The van der Waals surface area contributed by atoms with Gasteiger partial charge in [0.25, 0.3) is 11.8 Å². The number of hydrogen-bond donors (Lipinski definition) is 1. The number of furan rings is 1. The molecule has 1 N–H and O–H groups in total. The third-order valence-corrected chi connectivity index (χ3v) is 4.21. The summed E-state index contributed by atoms with van der Waals surface area (Å²) in [6.45, 7) is 0. The Kier molecular flexibility index (Phi) is 4.52. The van der Waals surface area contributed by atoms with Crippen molar-refractivity contribution in [3.8, 4) is 11.3 Å². The summed E-state index contributed by atoms with van der Waals surface area (Å²) in [5, 5.41) is 2.05. The van der Waals surface area contributed by atoms with Crippen LogP contribution >= 0.6 is 0 Å². The number of halogens is 2. The number of imide groups is 2. The van der Waals surface area contributed by atoms with Gasteiger partial charge in [-0.2, -0.15) is 0 Å². The number of anilines is 1. The van der Waals surface area contributed by atoms with Gasteiger partial charge in [-0.1, -0.05) is 6.07 Å². The number of rotatable bonds is 3. The van der Waals surface area contributed by atoms with Crippen molar-refractivity contribution in [1.29, 1.82) is 0 Å². The Hall–Kier alpha value is -4.07. The zero-order valence-corrected chi connectivity index (χ0v) is 14.7. The number of carbonyl (C=O) groups is 3. The Morgan fingerprint density at radius 2 is 1.66 bits per heavy atom. The Morgan fingerprint density at radius 1 is 0.897 bits per heavy atom. The number of nitrogens with zero attached hydrogens (tertiary/aromatic N) is 1. The summed E-state index contributed by atoms with van der Waals surface area (Å²) < 4.78 is 32.2. The number of urea groups is 1. The van der Waals surface area contributed by atoms with Gasteiger partial charge in [-0.3, -0.25) is 14.9 Å². The predicted octanol–water partition coefficient (Wildman–Crippen LogP) is 3.89. The van der Waals surface area contributed by atoms with E-state index >= 15 is 0 Å². The quantitative estimate of drug-likeness (QED) is 0.540. The maximum absolute atomic E-state index is 13.5. The molecule has 0 saturated carbocycles. The van der Waals surface area contributed by atoms with Crippen molar-refractivity contribution in [3.63, 3.8) is 0 Å². The molecule has 1 aromatic heterocycles. The van der Waals surface area contributed by atoms with Crippen LogP contribution in [-0.4, -0.2) is 17.8 Å². The number of amides is 4. The predicted molar refractivity (Wildman–Crippen MR) is 99.5 cm³/mol. The van der Waals surface area contributed by atoms with E-state index in [1.165, 1.54) is 48.5 Å². The highest BCUT2D eigenvalue weighted by Crippen LogP contribution is 2.26. The molecule has 2 heterocycles. The molecule has 1 fully saturated rings. The van der Waals surface area contributed by atoms with Crippen molar-refractivity contribution in [2.24, 2.45) is 0 Å². The normalized spacial score (nSPS) is 15.7. The Bertz CT molecular complexity index is 1170. The minimum Gasteiger partial charge on any atom is -0.457 e. The second kappa shape index (κ2) is 7.16. The van der Waals surface area contributed by atoms with Crippen LogP contribution < -0.4 is 10.2 Å². The molecule has 144 valence electrons. The monoisotopic (exact) mass is 394 g/mol.